The SMILES string of the molecule is CCN(CC)S(=O)(=O)c1ccc(=O)n(CC(=O)Nc2ccc(C(=O)OC)cc2)c1. The van der Waals surface area contributed by atoms with Crippen molar-refractivity contribution in [2.45, 2.75) is 25.3 Å². The molecule has 9 nitrogen and oxygen atoms in total. The molecule has 0 fully saturated rings. The van der Waals surface area contributed by atoms with Gasteiger partial charge in [0.1, 0.15) is 6.54 Å². The fraction of sp³-hybridized carbons (Fsp3) is 0.316. The molecule has 2 aromatic rings. The summed E-state index contributed by atoms with van der Waals surface area (Å²) in [6, 6.07) is 8.38. The summed E-state index contributed by atoms with van der Waals surface area (Å²) in [6.07, 6.45) is 1.16. The van der Waals surface area contributed by atoms with E-state index in [2.05, 4.69) is 10.1 Å². The van der Waals surface area contributed by atoms with Crippen LogP contribution in [0.5, 0.6) is 0 Å². The maximum atomic E-state index is 12.6. The van der Waals surface area contributed by atoms with Gasteiger partial charge < -0.3 is 14.6 Å². The van der Waals surface area contributed by atoms with Crippen molar-refractivity contribution in [2.75, 3.05) is 25.5 Å². The van der Waals surface area contributed by atoms with Gasteiger partial charge in [-0.2, -0.15) is 4.31 Å². The van der Waals surface area contributed by atoms with E-state index in [1.54, 1.807) is 13.8 Å². The number of hydrogen-bond acceptors (Lipinski definition) is 6. The first-order valence-corrected chi connectivity index (χ1v) is 10.4. The molecular formula is C19H23N3O6S. The average molecular weight is 421 g/mol. The summed E-state index contributed by atoms with van der Waals surface area (Å²) in [5.41, 5.74) is 0.248. The minimum absolute atomic E-state index is 0.0592. The first kappa shape index (κ1) is 22.3. The Morgan fingerprint density at radius 2 is 1.69 bits per heavy atom. The van der Waals surface area contributed by atoms with E-state index in [4.69, 9.17) is 0 Å². The lowest BCUT2D eigenvalue weighted by Gasteiger charge is -2.19. The number of hydrogen-bond donors (Lipinski definition) is 1. The van der Waals surface area contributed by atoms with E-state index in [9.17, 15) is 22.8 Å². The summed E-state index contributed by atoms with van der Waals surface area (Å²) in [5, 5.41) is 2.59. The van der Waals surface area contributed by atoms with Crippen molar-refractivity contribution >= 4 is 27.6 Å². The van der Waals surface area contributed by atoms with Crippen molar-refractivity contribution in [1.82, 2.24) is 8.87 Å². The van der Waals surface area contributed by atoms with Crippen LogP contribution in [0.3, 0.4) is 0 Å². The fourth-order valence-corrected chi connectivity index (χ4v) is 4.14. The number of ether oxygens (including phenoxy) is 1. The Kier molecular flexibility index (Phi) is 7.29. The molecule has 1 N–H and O–H groups in total. The Morgan fingerprint density at radius 3 is 2.24 bits per heavy atom. The minimum Gasteiger partial charge on any atom is -0.465 e. The molecule has 0 bridgehead atoms. The molecule has 0 saturated heterocycles. The second-order valence-corrected chi connectivity index (χ2v) is 7.98. The van der Waals surface area contributed by atoms with Crippen LogP contribution in [0.25, 0.3) is 0 Å². The van der Waals surface area contributed by atoms with Crippen molar-refractivity contribution in [1.29, 1.82) is 0 Å². The molecule has 0 radical (unpaired) electrons. The molecule has 0 unspecified atom stereocenters. The fourth-order valence-electron chi connectivity index (χ4n) is 2.66. The van der Waals surface area contributed by atoms with Gasteiger partial charge in [-0.05, 0) is 30.3 Å². The highest BCUT2D eigenvalue weighted by atomic mass is 32.2. The standard InChI is InChI=1S/C19H23N3O6S/c1-4-22(5-2)29(26,27)16-10-11-18(24)21(12-16)13-17(23)20-15-8-6-14(7-9-15)19(25)28-3/h6-12H,4-5,13H2,1-3H3,(H,20,23). The van der Waals surface area contributed by atoms with Gasteiger partial charge in [-0.15, -0.1) is 0 Å². The maximum absolute atomic E-state index is 12.6. The molecule has 0 aliphatic carbocycles. The first-order chi connectivity index (χ1) is 13.7. The molecule has 1 heterocycles. The molecule has 29 heavy (non-hydrogen) atoms. The van der Waals surface area contributed by atoms with Gasteiger partial charge in [0.15, 0.2) is 0 Å². The molecule has 10 heteroatoms. The summed E-state index contributed by atoms with van der Waals surface area (Å²) >= 11 is 0. The Hall–Kier alpha value is -2.98. The highest BCUT2D eigenvalue weighted by Crippen LogP contribution is 2.14. The third-order valence-electron chi connectivity index (χ3n) is 4.20. The number of pyridine rings is 1. The van der Waals surface area contributed by atoms with E-state index in [0.717, 1.165) is 16.8 Å². The normalized spacial score (nSPS) is 11.3. The second-order valence-electron chi connectivity index (χ2n) is 6.04. The van der Waals surface area contributed by atoms with Crippen LogP contribution < -0.4 is 10.9 Å². The number of nitrogens with one attached hydrogen (secondary N) is 1. The monoisotopic (exact) mass is 421 g/mol. The van der Waals surface area contributed by atoms with Crippen molar-refractivity contribution in [2.24, 2.45) is 0 Å². The third kappa shape index (κ3) is 5.30. The highest BCUT2D eigenvalue weighted by molar-refractivity contribution is 7.89. The van der Waals surface area contributed by atoms with Gasteiger partial charge in [-0.3, -0.25) is 9.59 Å². The van der Waals surface area contributed by atoms with E-state index >= 15 is 0 Å². The van der Waals surface area contributed by atoms with Gasteiger partial charge >= 0.3 is 5.97 Å². The topological polar surface area (TPSA) is 115 Å². The summed E-state index contributed by atoms with van der Waals surface area (Å²) in [6.45, 7) is 3.66. The largest absolute Gasteiger partial charge is 0.465 e. The molecule has 0 saturated carbocycles. The van der Waals surface area contributed by atoms with Crippen LogP contribution >= 0.6 is 0 Å². The van der Waals surface area contributed by atoms with Crippen molar-refractivity contribution in [3.05, 3.63) is 58.5 Å². The van der Waals surface area contributed by atoms with Crippen LogP contribution in [0, 0.1) is 0 Å². The van der Waals surface area contributed by atoms with Crippen LogP contribution in [0.4, 0.5) is 5.69 Å². The summed E-state index contributed by atoms with van der Waals surface area (Å²) in [4.78, 5) is 35.7. The van der Waals surface area contributed by atoms with E-state index in [0.29, 0.717) is 24.3 Å². The predicted molar refractivity (Wildman–Crippen MR) is 107 cm³/mol. The van der Waals surface area contributed by atoms with E-state index in [-0.39, 0.29) is 11.4 Å². The van der Waals surface area contributed by atoms with E-state index in [1.165, 1.54) is 41.7 Å². The van der Waals surface area contributed by atoms with E-state index < -0.39 is 27.5 Å². The third-order valence-corrected chi connectivity index (χ3v) is 6.24. The number of carbonyl (C=O) groups excluding carboxylic acids is 2. The molecule has 1 amide bonds. The molecule has 1 aromatic carbocycles. The lowest BCUT2D eigenvalue weighted by Crippen LogP contribution is -2.33. The van der Waals surface area contributed by atoms with Crippen LogP contribution in [-0.2, 0) is 26.1 Å². The van der Waals surface area contributed by atoms with E-state index in [1.807, 2.05) is 0 Å². The van der Waals surface area contributed by atoms with Crippen molar-refractivity contribution in [3.63, 3.8) is 0 Å². The number of carbonyl (C=O) groups is 2. The molecule has 0 spiro atoms. The van der Waals surface area contributed by atoms with Gasteiger partial charge in [-0.1, -0.05) is 13.8 Å². The molecule has 0 atom stereocenters. The van der Waals surface area contributed by atoms with Gasteiger partial charge in [0, 0.05) is 31.0 Å². The first-order valence-electron chi connectivity index (χ1n) is 8.91. The van der Waals surface area contributed by atoms with Gasteiger partial charge in [0.05, 0.1) is 17.6 Å². The molecule has 156 valence electrons. The number of sulfonamides is 1. The Morgan fingerprint density at radius 1 is 1.07 bits per heavy atom. The Balaban J connectivity index is 2.18. The summed E-state index contributed by atoms with van der Waals surface area (Å²) < 4.78 is 32.1. The number of benzene rings is 1. The van der Waals surface area contributed by atoms with Crippen molar-refractivity contribution in [3.8, 4) is 0 Å². The van der Waals surface area contributed by atoms with Crippen LogP contribution in [0.15, 0.2) is 52.3 Å². The zero-order valence-corrected chi connectivity index (χ0v) is 17.2. The summed E-state index contributed by atoms with van der Waals surface area (Å²) in [5.74, 6) is -1.02. The average Bonchev–Trinajstić information content (AvgIpc) is 2.70. The van der Waals surface area contributed by atoms with Gasteiger partial charge in [0.25, 0.3) is 5.56 Å². The number of amides is 1. The number of anilines is 1. The quantitative estimate of drug-likeness (QED) is 0.643. The number of aromatic nitrogens is 1. The Labute approximate surface area is 169 Å². The zero-order valence-electron chi connectivity index (χ0n) is 16.4. The van der Waals surface area contributed by atoms with Crippen LogP contribution in [0.1, 0.15) is 24.2 Å². The maximum Gasteiger partial charge on any atom is 0.337 e. The molecular weight excluding hydrogens is 398 g/mol. The second kappa shape index (κ2) is 9.48. The lowest BCUT2D eigenvalue weighted by atomic mass is 10.2. The molecule has 0 aliphatic heterocycles. The highest BCUT2D eigenvalue weighted by Gasteiger charge is 2.22. The number of rotatable bonds is 8. The van der Waals surface area contributed by atoms with Crippen molar-refractivity contribution < 1.29 is 22.7 Å². The number of esters is 1. The number of nitrogens with zero attached hydrogens (tertiary/aromatic N) is 2. The van der Waals surface area contributed by atoms with Gasteiger partial charge in [-0.25, -0.2) is 13.2 Å². The molecule has 0 aliphatic rings. The predicted octanol–water partition coefficient (Wildman–Crippen LogP) is 1.30. The lowest BCUT2D eigenvalue weighted by molar-refractivity contribution is -0.116. The van der Waals surface area contributed by atoms with Gasteiger partial charge in [0.2, 0.25) is 15.9 Å². The molecule has 2 rings (SSSR count). The number of methoxy groups -OCH3 is 1. The summed E-state index contributed by atoms with van der Waals surface area (Å²) in [7, 11) is -2.48. The Bertz CT molecular complexity index is 1040. The van der Waals surface area contributed by atoms with Crippen LogP contribution in [0.2, 0.25) is 0 Å². The minimum atomic E-state index is -3.75. The molecule has 1 aromatic heterocycles. The smallest absolute Gasteiger partial charge is 0.337 e. The van der Waals surface area contributed by atoms with Crippen LogP contribution in [-0.4, -0.2) is 49.4 Å². The zero-order chi connectivity index (χ0) is 21.6.